The Labute approximate surface area is 113 Å². The SMILES string of the molecule is O=C(NCCCCCl)c1ccc(Cl)cc1Br. The van der Waals surface area contributed by atoms with E-state index in [1.54, 1.807) is 18.2 Å². The average Bonchev–Trinajstić information content (AvgIpc) is 2.24. The highest BCUT2D eigenvalue weighted by Crippen LogP contribution is 2.21. The van der Waals surface area contributed by atoms with Gasteiger partial charge >= 0.3 is 0 Å². The van der Waals surface area contributed by atoms with Crippen LogP contribution in [-0.4, -0.2) is 18.3 Å². The fourth-order valence-electron chi connectivity index (χ4n) is 1.19. The number of halogens is 3. The standard InChI is InChI=1S/C11H12BrCl2NO/c12-10-7-8(14)3-4-9(10)11(16)15-6-2-1-5-13/h3-4,7H,1-2,5-6H2,(H,15,16). The van der Waals surface area contributed by atoms with Crippen molar-refractivity contribution in [1.29, 1.82) is 0 Å². The second-order valence-electron chi connectivity index (χ2n) is 3.28. The van der Waals surface area contributed by atoms with Gasteiger partial charge in [-0.15, -0.1) is 11.6 Å². The molecule has 1 rings (SSSR count). The Balaban J connectivity index is 2.53. The Hall–Kier alpha value is -0.250. The number of unbranched alkanes of at least 4 members (excludes halogenated alkanes) is 1. The molecule has 0 radical (unpaired) electrons. The molecule has 1 N–H and O–H groups in total. The van der Waals surface area contributed by atoms with Gasteiger partial charge in [0.05, 0.1) is 5.56 Å². The van der Waals surface area contributed by atoms with Crippen LogP contribution in [0.3, 0.4) is 0 Å². The number of amides is 1. The number of alkyl halides is 1. The van der Waals surface area contributed by atoms with Gasteiger partial charge in [0.2, 0.25) is 0 Å². The summed E-state index contributed by atoms with van der Waals surface area (Å²) in [6.45, 7) is 0.640. The minimum absolute atomic E-state index is 0.0990. The molecule has 0 aliphatic carbocycles. The highest BCUT2D eigenvalue weighted by Gasteiger charge is 2.09. The quantitative estimate of drug-likeness (QED) is 0.647. The second kappa shape index (κ2) is 7.15. The summed E-state index contributed by atoms with van der Waals surface area (Å²) in [5.41, 5.74) is 0.593. The smallest absolute Gasteiger partial charge is 0.252 e. The van der Waals surface area contributed by atoms with Crippen LogP contribution in [0.4, 0.5) is 0 Å². The van der Waals surface area contributed by atoms with Crippen molar-refractivity contribution in [3.8, 4) is 0 Å². The molecule has 16 heavy (non-hydrogen) atoms. The Morgan fingerprint density at radius 2 is 2.12 bits per heavy atom. The molecule has 0 aromatic heterocycles. The number of benzene rings is 1. The Kier molecular flexibility index (Phi) is 6.17. The summed E-state index contributed by atoms with van der Waals surface area (Å²) >= 11 is 14.6. The number of carbonyl (C=O) groups is 1. The van der Waals surface area contributed by atoms with Gasteiger partial charge in [-0.1, -0.05) is 11.6 Å². The lowest BCUT2D eigenvalue weighted by Gasteiger charge is -2.06. The number of nitrogens with one attached hydrogen (secondary N) is 1. The molecule has 0 aliphatic heterocycles. The van der Waals surface area contributed by atoms with Crippen LogP contribution in [-0.2, 0) is 0 Å². The van der Waals surface area contributed by atoms with Crippen LogP contribution in [0.25, 0.3) is 0 Å². The first-order valence-corrected chi connectivity index (χ1v) is 6.65. The van der Waals surface area contributed by atoms with Crippen LogP contribution in [0.2, 0.25) is 5.02 Å². The Bertz CT molecular complexity index is 371. The molecule has 0 heterocycles. The molecule has 0 bridgehead atoms. The molecule has 0 spiro atoms. The summed E-state index contributed by atoms with van der Waals surface area (Å²) in [4.78, 5) is 11.7. The fourth-order valence-corrected chi connectivity index (χ4v) is 2.24. The Morgan fingerprint density at radius 1 is 1.38 bits per heavy atom. The average molecular weight is 325 g/mol. The van der Waals surface area contributed by atoms with Gasteiger partial charge in [-0.2, -0.15) is 0 Å². The monoisotopic (exact) mass is 323 g/mol. The summed E-state index contributed by atoms with van der Waals surface area (Å²) in [6.07, 6.45) is 1.80. The second-order valence-corrected chi connectivity index (χ2v) is 4.94. The first-order valence-electron chi connectivity index (χ1n) is 4.94. The van der Waals surface area contributed by atoms with E-state index < -0.39 is 0 Å². The van der Waals surface area contributed by atoms with Crippen molar-refractivity contribution in [3.63, 3.8) is 0 Å². The number of hydrogen-bond acceptors (Lipinski definition) is 1. The summed E-state index contributed by atoms with van der Waals surface area (Å²) in [6, 6.07) is 5.10. The largest absolute Gasteiger partial charge is 0.352 e. The van der Waals surface area contributed by atoms with Gasteiger partial charge in [0.25, 0.3) is 5.91 Å². The van der Waals surface area contributed by atoms with Gasteiger partial charge in [-0.3, -0.25) is 4.79 Å². The molecule has 0 saturated heterocycles. The van der Waals surface area contributed by atoms with Gasteiger partial charge in [0, 0.05) is 21.9 Å². The van der Waals surface area contributed by atoms with Crippen molar-refractivity contribution >= 4 is 45.0 Å². The van der Waals surface area contributed by atoms with E-state index in [1.165, 1.54) is 0 Å². The molecular weight excluding hydrogens is 313 g/mol. The lowest BCUT2D eigenvalue weighted by molar-refractivity contribution is 0.0952. The van der Waals surface area contributed by atoms with Crippen molar-refractivity contribution < 1.29 is 4.79 Å². The molecule has 0 unspecified atom stereocenters. The van der Waals surface area contributed by atoms with Crippen LogP contribution in [0.1, 0.15) is 23.2 Å². The maximum Gasteiger partial charge on any atom is 0.252 e. The normalized spacial score (nSPS) is 10.2. The van der Waals surface area contributed by atoms with Crippen molar-refractivity contribution in [1.82, 2.24) is 5.32 Å². The Morgan fingerprint density at radius 3 is 2.75 bits per heavy atom. The molecule has 5 heteroatoms. The van der Waals surface area contributed by atoms with Gasteiger partial charge in [-0.25, -0.2) is 0 Å². The maximum atomic E-state index is 11.7. The third-order valence-electron chi connectivity index (χ3n) is 2.02. The first kappa shape index (κ1) is 13.8. The highest BCUT2D eigenvalue weighted by atomic mass is 79.9. The van der Waals surface area contributed by atoms with E-state index in [-0.39, 0.29) is 5.91 Å². The van der Waals surface area contributed by atoms with E-state index >= 15 is 0 Å². The van der Waals surface area contributed by atoms with E-state index in [0.717, 1.165) is 12.8 Å². The number of rotatable bonds is 5. The van der Waals surface area contributed by atoms with E-state index in [4.69, 9.17) is 23.2 Å². The van der Waals surface area contributed by atoms with E-state index in [2.05, 4.69) is 21.2 Å². The van der Waals surface area contributed by atoms with Gasteiger partial charge < -0.3 is 5.32 Å². The summed E-state index contributed by atoms with van der Waals surface area (Å²) in [5.74, 6) is 0.527. The number of hydrogen-bond donors (Lipinski definition) is 1. The molecular formula is C11H12BrCl2NO. The van der Waals surface area contributed by atoms with E-state index in [1.807, 2.05) is 0 Å². The van der Waals surface area contributed by atoms with E-state index in [0.29, 0.717) is 27.5 Å². The summed E-state index contributed by atoms with van der Waals surface area (Å²) < 4.78 is 0.704. The zero-order chi connectivity index (χ0) is 12.0. The molecule has 0 fully saturated rings. The lowest BCUT2D eigenvalue weighted by atomic mass is 10.2. The molecule has 0 aliphatic rings. The molecule has 0 saturated carbocycles. The zero-order valence-corrected chi connectivity index (χ0v) is 11.7. The van der Waals surface area contributed by atoms with Crippen molar-refractivity contribution in [2.24, 2.45) is 0 Å². The lowest BCUT2D eigenvalue weighted by Crippen LogP contribution is -2.24. The van der Waals surface area contributed by atoms with Gasteiger partial charge in [-0.05, 0) is 47.0 Å². The van der Waals surface area contributed by atoms with Gasteiger partial charge in [0.15, 0.2) is 0 Å². The third-order valence-corrected chi connectivity index (χ3v) is 3.18. The minimum atomic E-state index is -0.0990. The van der Waals surface area contributed by atoms with Crippen LogP contribution in [0, 0.1) is 0 Å². The van der Waals surface area contributed by atoms with Crippen molar-refractivity contribution in [3.05, 3.63) is 33.3 Å². The predicted octanol–water partition coefficient (Wildman–Crippen LogP) is 3.85. The summed E-state index contributed by atoms with van der Waals surface area (Å²) in [5, 5.41) is 3.43. The number of carbonyl (C=O) groups excluding carboxylic acids is 1. The fraction of sp³-hybridized carbons (Fsp3) is 0.364. The topological polar surface area (TPSA) is 29.1 Å². The van der Waals surface area contributed by atoms with Crippen LogP contribution >= 0.6 is 39.1 Å². The summed E-state index contributed by atoms with van der Waals surface area (Å²) in [7, 11) is 0. The molecule has 0 atom stereocenters. The van der Waals surface area contributed by atoms with Gasteiger partial charge in [0.1, 0.15) is 0 Å². The van der Waals surface area contributed by atoms with Crippen molar-refractivity contribution in [2.75, 3.05) is 12.4 Å². The molecule has 88 valence electrons. The molecule has 1 aromatic carbocycles. The third kappa shape index (κ3) is 4.32. The van der Waals surface area contributed by atoms with Crippen LogP contribution < -0.4 is 5.32 Å². The highest BCUT2D eigenvalue weighted by molar-refractivity contribution is 9.10. The molecule has 1 aromatic rings. The van der Waals surface area contributed by atoms with Crippen molar-refractivity contribution in [2.45, 2.75) is 12.8 Å². The maximum absolute atomic E-state index is 11.7. The predicted molar refractivity (Wildman–Crippen MR) is 71.4 cm³/mol. The van der Waals surface area contributed by atoms with Crippen LogP contribution in [0.5, 0.6) is 0 Å². The first-order chi connectivity index (χ1) is 7.65. The zero-order valence-electron chi connectivity index (χ0n) is 8.60. The van der Waals surface area contributed by atoms with E-state index in [9.17, 15) is 4.79 Å². The molecule has 2 nitrogen and oxygen atoms in total. The van der Waals surface area contributed by atoms with Crippen LogP contribution in [0.15, 0.2) is 22.7 Å². The molecule has 1 amide bonds. The minimum Gasteiger partial charge on any atom is -0.352 e.